The summed E-state index contributed by atoms with van der Waals surface area (Å²) in [6.45, 7) is 5.34. The van der Waals surface area contributed by atoms with Gasteiger partial charge in [0.1, 0.15) is 11.8 Å². The van der Waals surface area contributed by atoms with Gasteiger partial charge in [-0.25, -0.2) is 0 Å². The number of aliphatic hydroxyl groups excluding tert-OH is 1. The number of ether oxygens (including phenoxy) is 2. The number of amides is 2. The summed E-state index contributed by atoms with van der Waals surface area (Å²) in [7, 11) is 3.37. The molecule has 1 heterocycles. The Morgan fingerprint density at radius 2 is 1.84 bits per heavy atom. The Balaban J connectivity index is 1.88. The molecule has 2 aromatic rings. The van der Waals surface area contributed by atoms with Gasteiger partial charge in [0.15, 0.2) is 0 Å². The van der Waals surface area contributed by atoms with Crippen LogP contribution in [0.3, 0.4) is 0 Å². The van der Waals surface area contributed by atoms with Crippen LogP contribution in [-0.4, -0.2) is 73.9 Å². The number of nitrogens with one attached hydrogen (secondary N) is 2. The second-order valence-corrected chi connectivity index (χ2v) is 11.4. The summed E-state index contributed by atoms with van der Waals surface area (Å²) in [5, 5.41) is 18.2. The van der Waals surface area contributed by atoms with Gasteiger partial charge >= 0.3 is 0 Å². The van der Waals surface area contributed by atoms with Gasteiger partial charge in [0.2, 0.25) is 11.8 Å². The van der Waals surface area contributed by atoms with Crippen molar-refractivity contribution in [2.24, 2.45) is 5.92 Å². The Kier molecular flexibility index (Phi) is 14.7. The van der Waals surface area contributed by atoms with Crippen LogP contribution in [0.2, 0.25) is 0 Å². The van der Waals surface area contributed by atoms with E-state index in [1.54, 1.807) is 19.1 Å². The highest BCUT2D eigenvalue weighted by Crippen LogP contribution is 2.23. The van der Waals surface area contributed by atoms with Gasteiger partial charge < -0.3 is 30.1 Å². The molecule has 1 aliphatic heterocycles. The van der Waals surface area contributed by atoms with Crippen molar-refractivity contribution >= 4 is 11.8 Å². The molecule has 0 radical (unpaired) electrons. The van der Waals surface area contributed by atoms with Crippen LogP contribution in [0.25, 0.3) is 0 Å². The SMILES string of the molecule is CCCC(CCC)C(=O)N(C)[C@H]1C/C=C/COCCC(c2cccc(OC)c2)NC[C@@H](O)[C@H](Cc2ccccc2)NC1=O. The number of carbonyl (C=O) groups is 2. The summed E-state index contributed by atoms with van der Waals surface area (Å²) >= 11 is 0. The molecule has 0 spiro atoms. The Morgan fingerprint density at radius 1 is 1.09 bits per heavy atom. The summed E-state index contributed by atoms with van der Waals surface area (Å²) in [6.07, 6.45) is 7.88. The third-order valence-corrected chi connectivity index (χ3v) is 8.19. The first-order valence-corrected chi connectivity index (χ1v) is 15.8. The zero-order valence-corrected chi connectivity index (χ0v) is 26.3. The van der Waals surface area contributed by atoms with Gasteiger partial charge in [-0.2, -0.15) is 0 Å². The largest absolute Gasteiger partial charge is 0.497 e. The van der Waals surface area contributed by atoms with Gasteiger partial charge in [0, 0.05) is 32.2 Å². The Hall–Kier alpha value is -3.20. The highest BCUT2D eigenvalue weighted by Gasteiger charge is 2.32. The van der Waals surface area contributed by atoms with Gasteiger partial charge in [-0.3, -0.25) is 9.59 Å². The number of hydrogen-bond acceptors (Lipinski definition) is 6. The van der Waals surface area contributed by atoms with Crippen molar-refractivity contribution in [2.45, 2.75) is 83.0 Å². The van der Waals surface area contributed by atoms with Crippen LogP contribution in [0.5, 0.6) is 5.75 Å². The highest BCUT2D eigenvalue weighted by molar-refractivity contribution is 5.88. The van der Waals surface area contributed by atoms with Crippen molar-refractivity contribution in [3.05, 3.63) is 77.9 Å². The number of methoxy groups -OCH3 is 1. The summed E-state index contributed by atoms with van der Waals surface area (Å²) in [5.74, 6) is 0.375. The van der Waals surface area contributed by atoms with Crippen LogP contribution in [0, 0.1) is 5.92 Å². The third-order valence-electron chi connectivity index (χ3n) is 8.19. The molecule has 0 fully saturated rings. The molecule has 8 heteroatoms. The van der Waals surface area contributed by atoms with E-state index >= 15 is 0 Å². The highest BCUT2D eigenvalue weighted by atomic mass is 16.5. The lowest BCUT2D eigenvalue weighted by molar-refractivity contribution is -0.142. The van der Waals surface area contributed by atoms with Crippen molar-refractivity contribution in [1.29, 1.82) is 0 Å². The molecule has 8 nitrogen and oxygen atoms in total. The lowest BCUT2D eigenvalue weighted by atomic mass is 9.95. The quantitative estimate of drug-likeness (QED) is 0.342. The fourth-order valence-electron chi connectivity index (χ4n) is 5.70. The van der Waals surface area contributed by atoms with Crippen molar-refractivity contribution < 1.29 is 24.2 Å². The molecule has 0 aromatic heterocycles. The number of likely N-dealkylation sites (N-methyl/N-ethyl adjacent to an activating group) is 1. The van der Waals surface area contributed by atoms with E-state index in [9.17, 15) is 14.7 Å². The minimum Gasteiger partial charge on any atom is -0.497 e. The molecule has 43 heavy (non-hydrogen) atoms. The Morgan fingerprint density at radius 3 is 2.53 bits per heavy atom. The Labute approximate surface area is 257 Å². The monoisotopic (exact) mass is 593 g/mol. The first kappa shape index (κ1) is 34.3. The van der Waals surface area contributed by atoms with Gasteiger partial charge in [-0.15, -0.1) is 0 Å². The van der Waals surface area contributed by atoms with Crippen molar-refractivity contribution in [3.8, 4) is 5.75 Å². The van der Waals surface area contributed by atoms with Gasteiger partial charge in [0.25, 0.3) is 0 Å². The zero-order chi connectivity index (χ0) is 31.0. The average molecular weight is 594 g/mol. The molecule has 1 unspecified atom stereocenters. The maximum absolute atomic E-state index is 13.9. The van der Waals surface area contributed by atoms with Crippen LogP contribution < -0.4 is 15.4 Å². The number of benzene rings is 2. The van der Waals surface area contributed by atoms with E-state index in [2.05, 4.69) is 24.5 Å². The molecule has 2 amide bonds. The number of carbonyl (C=O) groups excluding carboxylic acids is 2. The topological polar surface area (TPSA) is 100 Å². The molecule has 0 saturated carbocycles. The minimum absolute atomic E-state index is 0.00521. The Bertz CT molecular complexity index is 1140. The molecule has 2 aromatic carbocycles. The van der Waals surface area contributed by atoms with E-state index in [0.717, 1.165) is 42.6 Å². The average Bonchev–Trinajstić information content (AvgIpc) is 3.03. The number of nitrogens with zero attached hydrogens (tertiary/aromatic N) is 1. The summed E-state index contributed by atoms with van der Waals surface area (Å²) < 4.78 is 11.4. The molecule has 3 N–H and O–H groups in total. The summed E-state index contributed by atoms with van der Waals surface area (Å²) in [6, 6.07) is 16.4. The number of rotatable bonds is 10. The van der Waals surface area contributed by atoms with E-state index in [-0.39, 0.29) is 30.3 Å². The summed E-state index contributed by atoms with van der Waals surface area (Å²) in [5.41, 5.74) is 2.04. The maximum Gasteiger partial charge on any atom is 0.243 e. The molecule has 0 bridgehead atoms. The van der Waals surface area contributed by atoms with Crippen molar-refractivity contribution in [3.63, 3.8) is 0 Å². The van der Waals surface area contributed by atoms with E-state index in [0.29, 0.717) is 32.5 Å². The first-order valence-electron chi connectivity index (χ1n) is 15.8. The number of β-amino-alcohol motifs (C(OH)–C–C–N with tert-alkyl or cyclic N) is 1. The van der Waals surface area contributed by atoms with Gasteiger partial charge in [0.05, 0.1) is 25.9 Å². The minimum atomic E-state index is -0.881. The number of aliphatic hydroxyl groups is 1. The first-order chi connectivity index (χ1) is 20.9. The molecule has 0 saturated heterocycles. The maximum atomic E-state index is 13.9. The fourth-order valence-corrected chi connectivity index (χ4v) is 5.70. The predicted octanol–water partition coefficient (Wildman–Crippen LogP) is 4.82. The van der Waals surface area contributed by atoms with Crippen LogP contribution >= 0.6 is 0 Å². The van der Waals surface area contributed by atoms with Crippen LogP contribution in [0.1, 0.15) is 69.5 Å². The van der Waals surface area contributed by atoms with E-state index in [1.165, 1.54) is 0 Å². The zero-order valence-electron chi connectivity index (χ0n) is 26.3. The molecule has 1 aliphatic rings. The summed E-state index contributed by atoms with van der Waals surface area (Å²) in [4.78, 5) is 29.1. The number of hydrogen-bond donors (Lipinski definition) is 3. The van der Waals surface area contributed by atoms with E-state index in [1.807, 2.05) is 66.7 Å². The fraction of sp³-hybridized carbons (Fsp3) is 0.543. The normalized spacial score (nSPS) is 23.1. The second-order valence-electron chi connectivity index (χ2n) is 11.4. The van der Waals surface area contributed by atoms with Crippen LogP contribution in [0.4, 0.5) is 0 Å². The van der Waals surface area contributed by atoms with Crippen molar-refractivity contribution in [2.75, 3.05) is 33.9 Å². The molecular formula is C35H51N3O5. The van der Waals surface area contributed by atoms with Crippen molar-refractivity contribution in [1.82, 2.24) is 15.5 Å². The third kappa shape index (κ3) is 10.8. The molecule has 0 aliphatic carbocycles. The van der Waals surface area contributed by atoms with Gasteiger partial charge in [-0.05, 0) is 55.4 Å². The van der Waals surface area contributed by atoms with Gasteiger partial charge in [-0.1, -0.05) is 81.3 Å². The smallest absolute Gasteiger partial charge is 0.243 e. The predicted molar refractivity (Wildman–Crippen MR) is 171 cm³/mol. The van der Waals surface area contributed by atoms with Crippen LogP contribution in [0.15, 0.2) is 66.7 Å². The second kappa shape index (κ2) is 18.5. The molecular weight excluding hydrogens is 542 g/mol. The molecule has 3 rings (SSSR count). The van der Waals surface area contributed by atoms with E-state index < -0.39 is 18.2 Å². The van der Waals surface area contributed by atoms with Crippen LogP contribution in [-0.2, 0) is 20.7 Å². The lowest BCUT2D eigenvalue weighted by Gasteiger charge is -2.33. The molecule has 4 atom stereocenters. The standard InChI is InChI=1S/C35H51N3O5/c1-5-13-27(14-6-2)35(41)38(3)32-19-10-11-21-43-22-20-30(28-17-12-18-29(24-28)42-4)36-25-33(39)31(37-34(32)40)23-26-15-8-7-9-16-26/h7-12,15-18,24,27,30-33,36,39H,5-6,13-14,19-23,25H2,1-4H3,(H,37,40)/b11-10+/t30?,31-,32-,33+/m0/s1. The van der Waals surface area contributed by atoms with E-state index in [4.69, 9.17) is 9.47 Å². The molecule has 236 valence electrons. The lowest BCUT2D eigenvalue weighted by Crippen LogP contribution is -2.55.